The number of rotatable bonds is 7. The molecule has 0 nitrogen and oxygen atoms in total. The molecule has 0 fully saturated rings. The number of thiol groups is 1. The minimum absolute atomic E-state index is 0.751. The summed E-state index contributed by atoms with van der Waals surface area (Å²) in [5.74, 6) is 0.751. The third kappa shape index (κ3) is 3.95. The Hall–Kier alpha value is -0.220. The maximum atomic E-state index is 6.61. The molecule has 2 aromatic heterocycles. The number of halogens is 1. The van der Waals surface area contributed by atoms with E-state index >= 15 is 0 Å². The van der Waals surface area contributed by atoms with Gasteiger partial charge >= 0.3 is 0 Å². The van der Waals surface area contributed by atoms with E-state index in [9.17, 15) is 0 Å². The van der Waals surface area contributed by atoms with Crippen LogP contribution < -0.4 is 0 Å². The highest BCUT2D eigenvalue weighted by Crippen LogP contribution is 2.44. The van der Waals surface area contributed by atoms with E-state index in [0.29, 0.717) is 0 Å². The minimum Gasteiger partial charge on any atom is -0.148 e. The average Bonchev–Trinajstić information content (AvgIpc) is 3.18. The third-order valence-electron chi connectivity index (χ3n) is 4.91. The van der Waals surface area contributed by atoms with Crippen molar-refractivity contribution in [1.29, 1.82) is 0 Å². The topological polar surface area (TPSA) is 0 Å². The van der Waals surface area contributed by atoms with Gasteiger partial charge in [0.05, 0.1) is 5.02 Å². The molecule has 0 aliphatic heterocycles. The molecule has 0 radical (unpaired) electrons. The van der Waals surface area contributed by atoms with Crippen LogP contribution in [0.2, 0.25) is 5.02 Å². The van der Waals surface area contributed by atoms with E-state index in [2.05, 4.69) is 31.4 Å². The first-order valence-corrected chi connectivity index (χ1v) is 11.4. The van der Waals surface area contributed by atoms with Crippen LogP contribution in [0.3, 0.4) is 0 Å². The Balaban J connectivity index is 1.86. The summed E-state index contributed by atoms with van der Waals surface area (Å²) in [4.78, 5) is 5.35. The zero-order valence-corrected chi connectivity index (χ0v) is 17.7. The summed E-state index contributed by atoms with van der Waals surface area (Å²) in [7, 11) is 0. The average molecular weight is 397 g/mol. The second-order valence-electron chi connectivity index (χ2n) is 6.58. The van der Waals surface area contributed by atoms with Crippen molar-refractivity contribution in [1.82, 2.24) is 0 Å². The van der Waals surface area contributed by atoms with Gasteiger partial charge in [-0.2, -0.15) is 0 Å². The molecule has 1 aliphatic carbocycles. The second kappa shape index (κ2) is 8.44. The van der Waals surface area contributed by atoms with Crippen LogP contribution in [0.25, 0.3) is 5.57 Å². The van der Waals surface area contributed by atoms with E-state index in [0.717, 1.165) is 30.2 Å². The molecule has 2 heterocycles. The predicted molar refractivity (Wildman–Crippen MR) is 114 cm³/mol. The summed E-state index contributed by atoms with van der Waals surface area (Å²) < 4.78 is 0. The van der Waals surface area contributed by atoms with Gasteiger partial charge in [-0.1, -0.05) is 51.1 Å². The number of aryl methyl sites for hydroxylation is 1. The second-order valence-corrected chi connectivity index (χ2v) is 9.67. The molecule has 2 aromatic rings. The number of unbranched alkanes of at least 4 members (excludes halogenated alkanes) is 1. The van der Waals surface area contributed by atoms with Crippen LogP contribution in [0.1, 0.15) is 66.1 Å². The molecule has 0 bridgehead atoms. The van der Waals surface area contributed by atoms with Gasteiger partial charge in [0.25, 0.3) is 0 Å². The minimum atomic E-state index is 0.751. The van der Waals surface area contributed by atoms with E-state index in [-0.39, 0.29) is 0 Å². The number of hydrogen-bond acceptors (Lipinski definition) is 3. The molecule has 0 amide bonds. The maximum Gasteiger partial charge on any atom is 0.0551 e. The van der Waals surface area contributed by atoms with Crippen LogP contribution in [-0.4, -0.2) is 0 Å². The Morgan fingerprint density at radius 3 is 2.88 bits per heavy atom. The lowest BCUT2D eigenvalue weighted by Crippen LogP contribution is -2.02. The maximum absolute atomic E-state index is 6.61. The molecule has 0 spiro atoms. The van der Waals surface area contributed by atoms with Gasteiger partial charge in [0, 0.05) is 20.2 Å². The van der Waals surface area contributed by atoms with Crippen molar-refractivity contribution < 1.29 is 0 Å². The molecule has 130 valence electrons. The van der Waals surface area contributed by atoms with E-state index in [1.54, 1.807) is 0 Å². The zero-order chi connectivity index (χ0) is 17.1. The van der Waals surface area contributed by atoms with Gasteiger partial charge in [-0.05, 0) is 53.2 Å². The Kier molecular flexibility index (Phi) is 6.53. The van der Waals surface area contributed by atoms with Gasteiger partial charge in [0.15, 0.2) is 0 Å². The molecular weight excluding hydrogens is 372 g/mol. The first-order chi connectivity index (χ1) is 11.6. The smallest absolute Gasteiger partial charge is 0.0551 e. The van der Waals surface area contributed by atoms with Crippen LogP contribution in [0.5, 0.6) is 0 Å². The molecule has 3 rings (SSSR count). The van der Waals surface area contributed by atoms with Crippen molar-refractivity contribution in [3.63, 3.8) is 0 Å². The number of thiophene rings is 2. The molecule has 1 aliphatic rings. The van der Waals surface area contributed by atoms with E-state index in [1.165, 1.54) is 56.4 Å². The van der Waals surface area contributed by atoms with Gasteiger partial charge < -0.3 is 0 Å². The van der Waals surface area contributed by atoms with Crippen molar-refractivity contribution >= 4 is 52.5 Å². The first-order valence-electron chi connectivity index (χ1n) is 8.91. The zero-order valence-electron chi connectivity index (χ0n) is 14.4. The fraction of sp³-hybridized carbons (Fsp3) is 0.500. The van der Waals surface area contributed by atoms with Gasteiger partial charge in [0.1, 0.15) is 0 Å². The fourth-order valence-corrected chi connectivity index (χ4v) is 6.35. The van der Waals surface area contributed by atoms with E-state index < -0.39 is 0 Å². The highest BCUT2D eigenvalue weighted by atomic mass is 35.5. The molecule has 1 atom stereocenters. The fourth-order valence-electron chi connectivity index (χ4n) is 3.42. The van der Waals surface area contributed by atoms with Crippen molar-refractivity contribution in [2.75, 3.05) is 0 Å². The van der Waals surface area contributed by atoms with Crippen molar-refractivity contribution in [3.8, 4) is 0 Å². The SMILES string of the molecule is CCCCC(CC)Cc1sc(C2=C(S)CCc3sccc32)cc1Cl. The number of fused-ring (bicyclic) bond motifs is 1. The van der Waals surface area contributed by atoms with E-state index in [4.69, 9.17) is 24.2 Å². The quantitative estimate of drug-likeness (QED) is 0.452. The summed E-state index contributed by atoms with van der Waals surface area (Å²) in [5.41, 5.74) is 2.69. The van der Waals surface area contributed by atoms with Crippen LogP contribution in [0.15, 0.2) is 22.4 Å². The van der Waals surface area contributed by atoms with Gasteiger partial charge in [-0.25, -0.2) is 0 Å². The molecule has 0 saturated carbocycles. The molecule has 4 heteroatoms. The Bertz CT molecular complexity index is 723. The van der Waals surface area contributed by atoms with Crippen LogP contribution in [0.4, 0.5) is 0 Å². The number of hydrogen-bond donors (Lipinski definition) is 1. The molecule has 0 saturated heterocycles. The van der Waals surface area contributed by atoms with Crippen LogP contribution in [0, 0.1) is 5.92 Å². The normalized spacial score (nSPS) is 15.7. The summed E-state index contributed by atoms with van der Waals surface area (Å²) in [6, 6.07) is 4.42. The molecule has 24 heavy (non-hydrogen) atoms. The lowest BCUT2D eigenvalue weighted by atomic mass is 9.95. The molecule has 1 unspecified atom stereocenters. The lowest BCUT2D eigenvalue weighted by Gasteiger charge is -2.17. The van der Waals surface area contributed by atoms with Crippen LogP contribution in [-0.2, 0) is 12.8 Å². The number of allylic oxidation sites excluding steroid dienone is 1. The van der Waals surface area contributed by atoms with Gasteiger partial charge in [-0.3, -0.25) is 0 Å². The highest BCUT2D eigenvalue weighted by molar-refractivity contribution is 7.84. The molecule has 0 N–H and O–H groups in total. The van der Waals surface area contributed by atoms with Crippen molar-refractivity contribution in [2.24, 2.45) is 5.92 Å². The summed E-state index contributed by atoms with van der Waals surface area (Å²) in [6.45, 7) is 4.57. The lowest BCUT2D eigenvalue weighted by molar-refractivity contribution is 0.452. The monoisotopic (exact) mass is 396 g/mol. The summed E-state index contributed by atoms with van der Waals surface area (Å²) in [5, 5.41) is 3.14. The van der Waals surface area contributed by atoms with E-state index in [1.807, 2.05) is 22.7 Å². The van der Waals surface area contributed by atoms with Gasteiger partial charge in [0.2, 0.25) is 0 Å². The summed E-state index contributed by atoms with van der Waals surface area (Å²) >= 11 is 15.2. The third-order valence-corrected chi connectivity index (χ3v) is 7.97. The predicted octanol–water partition coefficient (Wildman–Crippen LogP) is 7.86. The standard InChI is InChI=1S/C20H25ClS3/c1-3-5-6-13(4-2)11-18-15(21)12-19(24-18)20-14-9-10-23-17(14)8-7-16(20)22/h9-10,12-13,22H,3-8,11H2,1-2H3. The summed E-state index contributed by atoms with van der Waals surface area (Å²) in [6.07, 6.45) is 8.42. The molecular formula is C20H25ClS3. The van der Waals surface area contributed by atoms with Gasteiger partial charge in [-0.15, -0.1) is 35.3 Å². The Morgan fingerprint density at radius 1 is 1.29 bits per heavy atom. The van der Waals surface area contributed by atoms with Crippen molar-refractivity contribution in [3.05, 3.63) is 47.6 Å². The van der Waals surface area contributed by atoms with Crippen molar-refractivity contribution in [2.45, 2.75) is 58.8 Å². The first kappa shape index (κ1) is 18.6. The largest absolute Gasteiger partial charge is 0.148 e. The highest BCUT2D eigenvalue weighted by Gasteiger charge is 2.23. The Labute approximate surface area is 164 Å². The van der Waals surface area contributed by atoms with Crippen LogP contribution >= 0.6 is 46.9 Å². The Morgan fingerprint density at radius 2 is 2.12 bits per heavy atom. The molecule has 0 aromatic carbocycles.